The van der Waals surface area contributed by atoms with Crippen molar-refractivity contribution in [3.8, 4) is 6.07 Å². The predicted octanol–water partition coefficient (Wildman–Crippen LogP) is 8.04. The van der Waals surface area contributed by atoms with Gasteiger partial charge in [-0.2, -0.15) is 5.26 Å². The van der Waals surface area contributed by atoms with E-state index in [1.807, 2.05) is 66.7 Å². The molecule has 0 aliphatic rings. The van der Waals surface area contributed by atoms with Gasteiger partial charge < -0.3 is 0 Å². The van der Waals surface area contributed by atoms with Gasteiger partial charge in [-0.05, 0) is 52.6 Å². The summed E-state index contributed by atoms with van der Waals surface area (Å²) in [6.07, 6.45) is 1.94. The topological polar surface area (TPSA) is 84.0 Å². The lowest BCUT2D eigenvalue weighted by atomic mass is 9.90. The van der Waals surface area contributed by atoms with Crippen LogP contribution in [0.3, 0.4) is 0 Å². The van der Waals surface area contributed by atoms with Gasteiger partial charge in [0.15, 0.2) is 5.78 Å². The Hall–Kier alpha value is -4.79. The highest BCUT2D eigenvalue weighted by Crippen LogP contribution is 2.33. The lowest BCUT2D eigenvalue weighted by molar-refractivity contribution is -0.384. The number of nitro groups is 1. The Bertz CT molecular complexity index is 1520. The van der Waals surface area contributed by atoms with Gasteiger partial charge in [-0.3, -0.25) is 14.9 Å². The van der Waals surface area contributed by atoms with Gasteiger partial charge in [-0.15, -0.1) is 0 Å². The highest BCUT2D eigenvalue weighted by atomic mass is 35.5. The number of hydrogen-bond donors (Lipinski definition) is 0. The number of hydrogen-bond acceptors (Lipinski definition) is 4. The number of carbonyl (C=O) groups is 1. The summed E-state index contributed by atoms with van der Waals surface area (Å²) in [6, 6.07) is 33.7. The molecular weight excluding hydrogens is 484 g/mol. The zero-order valence-corrected chi connectivity index (χ0v) is 20.4. The molecule has 0 radical (unpaired) electrons. The largest absolute Gasteiger partial charge is 0.294 e. The van der Waals surface area contributed by atoms with Crippen LogP contribution in [0, 0.1) is 21.4 Å². The number of ketones is 1. The summed E-state index contributed by atoms with van der Waals surface area (Å²) >= 11 is 6.12. The van der Waals surface area contributed by atoms with Crippen LogP contribution in [0.5, 0.6) is 0 Å². The van der Waals surface area contributed by atoms with Crippen LogP contribution in [-0.2, 0) is 0 Å². The highest BCUT2D eigenvalue weighted by molar-refractivity contribution is 6.30. The highest BCUT2D eigenvalue weighted by Gasteiger charge is 2.16. The van der Waals surface area contributed by atoms with E-state index in [1.165, 1.54) is 12.1 Å². The maximum atomic E-state index is 13.2. The van der Waals surface area contributed by atoms with Crippen LogP contribution in [0.15, 0.2) is 115 Å². The molecule has 4 aromatic rings. The van der Waals surface area contributed by atoms with Crippen molar-refractivity contribution in [2.45, 2.75) is 6.42 Å². The fraction of sp³-hybridized carbons (Fsp3) is 0.0323. The molecule has 6 heteroatoms. The van der Waals surface area contributed by atoms with Crippen molar-refractivity contribution in [1.82, 2.24) is 0 Å². The smallest absolute Gasteiger partial charge is 0.269 e. The van der Waals surface area contributed by atoms with Crippen molar-refractivity contribution in [2.24, 2.45) is 0 Å². The summed E-state index contributed by atoms with van der Waals surface area (Å²) in [7, 11) is 0. The van der Waals surface area contributed by atoms with E-state index in [-0.39, 0.29) is 17.9 Å². The Morgan fingerprint density at radius 3 is 1.86 bits per heavy atom. The van der Waals surface area contributed by atoms with Crippen LogP contribution in [0.1, 0.15) is 33.5 Å². The van der Waals surface area contributed by atoms with Crippen LogP contribution in [0.4, 0.5) is 5.69 Å². The standard InChI is InChI=1S/C31H21ClN2O3/c32-27-15-11-22(12-16-27)26(20-31(35)25-9-5-2-6-10-25)19-29(23-7-3-1-4-8-23)30(21-33)24-13-17-28(18-14-24)34(36)37/h1-19H,20H2/b26-19+,30-29+. The number of nitro benzene ring substituents is 1. The summed E-state index contributed by atoms with van der Waals surface area (Å²) in [6.45, 7) is 0. The Kier molecular flexibility index (Phi) is 8.05. The minimum Gasteiger partial charge on any atom is -0.294 e. The van der Waals surface area contributed by atoms with Crippen LogP contribution >= 0.6 is 11.6 Å². The quantitative estimate of drug-likeness (QED) is 0.0606. The molecule has 5 nitrogen and oxygen atoms in total. The molecule has 37 heavy (non-hydrogen) atoms. The van der Waals surface area contributed by atoms with E-state index < -0.39 is 4.92 Å². The molecular formula is C31H21ClN2O3. The Labute approximate surface area is 219 Å². The number of allylic oxidation sites excluding steroid dienone is 4. The number of carbonyl (C=O) groups excluding carboxylic acids is 1. The van der Waals surface area contributed by atoms with Crippen LogP contribution in [0.2, 0.25) is 5.02 Å². The Morgan fingerprint density at radius 1 is 0.784 bits per heavy atom. The van der Waals surface area contributed by atoms with Crippen molar-refractivity contribution in [3.05, 3.63) is 153 Å². The lowest BCUT2D eigenvalue weighted by Crippen LogP contribution is -2.01. The molecule has 0 bridgehead atoms. The Morgan fingerprint density at radius 2 is 1.32 bits per heavy atom. The van der Waals surface area contributed by atoms with E-state index in [4.69, 9.17) is 11.6 Å². The van der Waals surface area contributed by atoms with E-state index >= 15 is 0 Å². The van der Waals surface area contributed by atoms with E-state index in [0.717, 1.165) is 11.1 Å². The summed E-state index contributed by atoms with van der Waals surface area (Å²) in [4.78, 5) is 23.9. The van der Waals surface area contributed by atoms with Crippen molar-refractivity contribution in [2.75, 3.05) is 0 Å². The minimum absolute atomic E-state index is 0.0619. The number of benzene rings is 4. The van der Waals surface area contributed by atoms with Crippen LogP contribution in [-0.4, -0.2) is 10.7 Å². The molecule has 0 aliphatic carbocycles. The minimum atomic E-state index is -0.481. The first-order chi connectivity index (χ1) is 18.0. The van der Waals surface area contributed by atoms with Gasteiger partial charge in [0.2, 0.25) is 0 Å². The molecule has 0 saturated heterocycles. The summed E-state index contributed by atoms with van der Waals surface area (Å²) in [5.74, 6) is -0.0666. The molecule has 0 N–H and O–H groups in total. The maximum absolute atomic E-state index is 13.2. The van der Waals surface area contributed by atoms with Gasteiger partial charge in [-0.1, -0.05) is 84.4 Å². The van der Waals surface area contributed by atoms with Gasteiger partial charge in [0, 0.05) is 34.7 Å². The third-order valence-corrected chi connectivity index (χ3v) is 6.07. The van der Waals surface area contributed by atoms with Crippen molar-refractivity contribution >= 4 is 39.8 Å². The number of nitriles is 1. The van der Waals surface area contributed by atoms with Gasteiger partial charge in [0.25, 0.3) is 5.69 Å². The molecule has 0 spiro atoms. The molecule has 4 aromatic carbocycles. The zero-order chi connectivity index (χ0) is 26.2. The molecule has 0 saturated carbocycles. The van der Waals surface area contributed by atoms with Crippen LogP contribution < -0.4 is 0 Å². The van der Waals surface area contributed by atoms with Gasteiger partial charge in [-0.25, -0.2) is 0 Å². The van der Waals surface area contributed by atoms with Gasteiger partial charge in [0.05, 0.1) is 10.5 Å². The zero-order valence-electron chi connectivity index (χ0n) is 19.7. The molecule has 0 aromatic heterocycles. The molecule has 180 valence electrons. The number of rotatable bonds is 8. The molecule has 0 unspecified atom stereocenters. The van der Waals surface area contributed by atoms with Crippen LogP contribution in [0.25, 0.3) is 16.7 Å². The molecule has 0 heterocycles. The second-order valence-corrected chi connectivity index (χ2v) is 8.65. The fourth-order valence-corrected chi connectivity index (χ4v) is 4.05. The monoisotopic (exact) mass is 504 g/mol. The first-order valence-corrected chi connectivity index (χ1v) is 11.8. The van der Waals surface area contributed by atoms with Crippen molar-refractivity contribution in [1.29, 1.82) is 5.26 Å². The molecule has 0 fully saturated rings. The number of Topliss-reactive ketones (excluding diaryl/α,β-unsaturated/α-hetero) is 1. The van der Waals surface area contributed by atoms with E-state index in [9.17, 15) is 20.2 Å². The third-order valence-electron chi connectivity index (χ3n) is 5.81. The SMILES string of the molecule is N#C/C(=C(/C=C(\CC(=O)c1ccccc1)c1ccc(Cl)cc1)c1ccccc1)c1ccc([N+](=O)[O-])cc1. The first-order valence-electron chi connectivity index (χ1n) is 11.5. The number of non-ortho nitro benzene ring substituents is 1. The van der Waals surface area contributed by atoms with E-state index in [1.54, 1.807) is 36.4 Å². The molecule has 0 atom stereocenters. The van der Waals surface area contributed by atoms with E-state index in [0.29, 0.717) is 32.9 Å². The van der Waals surface area contributed by atoms with Gasteiger partial charge >= 0.3 is 0 Å². The average molecular weight is 505 g/mol. The lowest BCUT2D eigenvalue weighted by Gasteiger charge is -2.13. The second kappa shape index (κ2) is 11.8. The third kappa shape index (κ3) is 6.26. The summed E-state index contributed by atoms with van der Waals surface area (Å²) < 4.78 is 0. The molecule has 4 rings (SSSR count). The van der Waals surface area contributed by atoms with Gasteiger partial charge in [0.1, 0.15) is 6.07 Å². The maximum Gasteiger partial charge on any atom is 0.269 e. The first kappa shape index (κ1) is 25.3. The predicted molar refractivity (Wildman–Crippen MR) is 147 cm³/mol. The molecule has 0 amide bonds. The Balaban J connectivity index is 1.91. The number of nitrogens with zero attached hydrogens (tertiary/aromatic N) is 2. The normalized spacial score (nSPS) is 11.8. The average Bonchev–Trinajstić information content (AvgIpc) is 2.94. The summed E-state index contributed by atoms with van der Waals surface area (Å²) in [5, 5.41) is 21.9. The second-order valence-electron chi connectivity index (χ2n) is 8.21. The van der Waals surface area contributed by atoms with Crippen molar-refractivity contribution in [3.63, 3.8) is 0 Å². The molecule has 0 aliphatic heterocycles. The summed E-state index contributed by atoms with van der Waals surface area (Å²) in [5.41, 5.74) is 4.27. The van der Waals surface area contributed by atoms with E-state index in [2.05, 4.69) is 6.07 Å². The number of halogens is 1. The van der Waals surface area contributed by atoms with Crippen molar-refractivity contribution < 1.29 is 9.72 Å². The fourth-order valence-electron chi connectivity index (χ4n) is 3.92.